The first-order chi connectivity index (χ1) is 20.5. The average Bonchev–Trinajstić information content (AvgIpc) is 3.06. The van der Waals surface area contributed by atoms with Gasteiger partial charge in [0.15, 0.2) is 5.82 Å². The number of carbonyl (C=O) groups is 2. The first-order valence-corrected chi connectivity index (χ1v) is 15.6. The molecule has 15 heteroatoms. The molecule has 12 nitrogen and oxygen atoms in total. The minimum absolute atomic E-state index is 0.137. The van der Waals surface area contributed by atoms with Crippen molar-refractivity contribution in [3.63, 3.8) is 0 Å². The van der Waals surface area contributed by atoms with Crippen molar-refractivity contribution in [2.24, 2.45) is 0 Å². The van der Waals surface area contributed by atoms with E-state index >= 15 is 0 Å². The molecule has 0 unspecified atom stereocenters. The van der Waals surface area contributed by atoms with Crippen LogP contribution >= 0.6 is 8.60 Å². The number of rotatable bonds is 6. The van der Waals surface area contributed by atoms with Crippen LogP contribution in [0.15, 0.2) is 24.4 Å². The van der Waals surface area contributed by atoms with Crippen LogP contribution in [0.2, 0.25) is 0 Å². The van der Waals surface area contributed by atoms with Crippen LogP contribution in [0.5, 0.6) is 5.75 Å². The number of anilines is 4. The van der Waals surface area contributed by atoms with E-state index < -0.39 is 27.0 Å². The standard InChI is InChI=1S/C28H36F2N6O3.H3O3P/c1-35-22-16-31-27(34-24(22)36(17-28(29,30)26(35)38)20-11-7-4-8-12-20)33-21-14-13-18(15-23(21)39-2)25(37)32-19-9-5-3-6-10-19;1-4(2)3/h13-16,19-20H,3-12,17H2,1-2H3,(H,32,37)(H,31,33,34);1-3H. The predicted molar refractivity (Wildman–Crippen MR) is 159 cm³/mol. The van der Waals surface area contributed by atoms with E-state index in [1.165, 1.54) is 26.8 Å². The predicted octanol–water partition coefficient (Wildman–Crippen LogP) is 4.23. The van der Waals surface area contributed by atoms with E-state index in [-0.39, 0.29) is 29.6 Å². The molecular formula is C28H39F2N6O6P. The minimum Gasteiger partial charge on any atom is -0.495 e. The Morgan fingerprint density at radius 3 is 2.33 bits per heavy atom. The highest BCUT2D eigenvalue weighted by molar-refractivity contribution is 7.38. The first-order valence-electron chi connectivity index (χ1n) is 14.4. The summed E-state index contributed by atoms with van der Waals surface area (Å²) in [5.41, 5.74) is 1.26. The van der Waals surface area contributed by atoms with Gasteiger partial charge >= 0.3 is 14.5 Å². The SMILES string of the molecule is COc1cc(C(=O)NC2CCCCC2)ccc1Nc1ncc2c(n1)N(C1CCCCC1)CC(F)(F)C(=O)N2C.OP(O)O. The third kappa shape index (κ3) is 8.26. The monoisotopic (exact) mass is 624 g/mol. The molecule has 3 aliphatic rings. The molecule has 2 heterocycles. The Morgan fingerprint density at radius 2 is 1.70 bits per heavy atom. The molecule has 5 rings (SSSR count). The number of carbonyl (C=O) groups excluding carboxylic acids is 2. The van der Waals surface area contributed by atoms with Crippen molar-refractivity contribution >= 4 is 43.6 Å². The minimum atomic E-state index is -3.54. The Bertz CT molecular complexity index is 1270. The van der Waals surface area contributed by atoms with Crippen molar-refractivity contribution in [2.75, 3.05) is 35.8 Å². The van der Waals surface area contributed by atoms with Crippen LogP contribution in [-0.4, -0.2) is 75.2 Å². The summed E-state index contributed by atoms with van der Waals surface area (Å²) in [7, 11) is 0.218. The van der Waals surface area contributed by atoms with E-state index in [9.17, 15) is 18.4 Å². The van der Waals surface area contributed by atoms with Crippen molar-refractivity contribution in [2.45, 2.75) is 82.2 Å². The van der Waals surface area contributed by atoms with Gasteiger partial charge in [0.05, 0.1) is 25.5 Å². The summed E-state index contributed by atoms with van der Waals surface area (Å²) in [6.45, 7) is -0.724. The van der Waals surface area contributed by atoms with Gasteiger partial charge in [-0.25, -0.2) is 4.98 Å². The third-order valence-electron chi connectivity index (χ3n) is 8.04. The Kier molecular flexibility index (Phi) is 11.0. The normalized spacial score (nSPS) is 19.2. The molecule has 43 heavy (non-hydrogen) atoms. The lowest BCUT2D eigenvalue weighted by Gasteiger charge is -2.35. The number of benzene rings is 1. The highest BCUT2D eigenvalue weighted by Crippen LogP contribution is 2.39. The Balaban J connectivity index is 0.000000996. The number of ether oxygens (including phenoxy) is 1. The average molecular weight is 625 g/mol. The topological polar surface area (TPSA) is 160 Å². The van der Waals surface area contributed by atoms with E-state index in [1.54, 1.807) is 23.1 Å². The van der Waals surface area contributed by atoms with Crippen molar-refractivity contribution in [3.05, 3.63) is 30.0 Å². The zero-order valence-corrected chi connectivity index (χ0v) is 25.2. The van der Waals surface area contributed by atoms with Gasteiger partial charge in [-0.3, -0.25) is 9.59 Å². The fourth-order valence-electron chi connectivity index (χ4n) is 5.85. The zero-order valence-electron chi connectivity index (χ0n) is 24.3. The highest BCUT2D eigenvalue weighted by atomic mass is 31.2. The van der Waals surface area contributed by atoms with E-state index in [0.29, 0.717) is 22.8 Å². The lowest BCUT2D eigenvalue weighted by Crippen LogP contribution is -2.49. The molecule has 5 N–H and O–H groups in total. The summed E-state index contributed by atoms with van der Waals surface area (Å²) in [5.74, 6) is -4.06. The summed E-state index contributed by atoms with van der Waals surface area (Å²) < 4.78 is 35.4. The number of halogens is 2. The molecule has 2 fully saturated rings. The van der Waals surface area contributed by atoms with E-state index in [1.807, 2.05) is 0 Å². The molecule has 2 aromatic rings. The van der Waals surface area contributed by atoms with Crippen molar-refractivity contribution in [1.82, 2.24) is 15.3 Å². The van der Waals surface area contributed by atoms with Crippen LogP contribution in [0.3, 0.4) is 0 Å². The van der Waals surface area contributed by atoms with Crippen molar-refractivity contribution in [1.29, 1.82) is 0 Å². The molecular weight excluding hydrogens is 585 g/mol. The molecule has 1 aromatic carbocycles. The summed E-state index contributed by atoms with van der Waals surface area (Å²) >= 11 is 0. The number of hydrogen-bond donors (Lipinski definition) is 5. The third-order valence-corrected chi connectivity index (χ3v) is 8.04. The second-order valence-electron chi connectivity index (χ2n) is 11.0. The molecule has 2 saturated carbocycles. The largest absolute Gasteiger partial charge is 0.495 e. The number of fused-ring (bicyclic) bond motifs is 1. The van der Waals surface area contributed by atoms with E-state index in [0.717, 1.165) is 62.7 Å². The van der Waals surface area contributed by atoms with E-state index in [2.05, 4.69) is 20.6 Å². The zero-order chi connectivity index (χ0) is 31.1. The Morgan fingerprint density at radius 1 is 1.07 bits per heavy atom. The van der Waals surface area contributed by atoms with Gasteiger partial charge in [-0.05, 0) is 43.9 Å². The second kappa shape index (κ2) is 14.5. The molecule has 0 radical (unpaired) electrons. The number of amides is 2. The van der Waals surface area contributed by atoms with Gasteiger partial charge in [-0.1, -0.05) is 38.5 Å². The lowest BCUT2D eigenvalue weighted by molar-refractivity contribution is -0.140. The molecule has 0 spiro atoms. The smallest absolute Gasteiger partial charge is 0.342 e. The van der Waals surface area contributed by atoms with Crippen LogP contribution in [0.1, 0.15) is 74.6 Å². The van der Waals surface area contributed by atoms with Gasteiger partial charge in [0.1, 0.15) is 11.4 Å². The number of aromatic nitrogens is 2. The molecule has 1 aliphatic heterocycles. The van der Waals surface area contributed by atoms with Crippen molar-refractivity contribution in [3.8, 4) is 5.75 Å². The molecule has 236 valence electrons. The maximum atomic E-state index is 14.9. The highest BCUT2D eigenvalue weighted by Gasteiger charge is 2.48. The van der Waals surface area contributed by atoms with Crippen LogP contribution in [0.4, 0.5) is 31.9 Å². The number of nitrogens with one attached hydrogen (secondary N) is 2. The summed E-state index contributed by atoms with van der Waals surface area (Å²) in [6.07, 6.45) is 11.3. The van der Waals surface area contributed by atoms with Gasteiger partial charge in [-0.2, -0.15) is 13.8 Å². The molecule has 1 aromatic heterocycles. The molecule has 2 amide bonds. The second-order valence-corrected chi connectivity index (χ2v) is 11.5. The maximum absolute atomic E-state index is 14.9. The molecule has 0 saturated heterocycles. The molecule has 0 atom stereocenters. The quantitative estimate of drug-likeness (QED) is 0.294. The molecule has 0 bridgehead atoms. The number of alkyl halides is 2. The Labute approximate surface area is 250 Å². The fraction of sp³-hybridized carbons (Fsp3) is 0.571. The van der Waals surface area contributed by atoms with Crippen LogP contribution < -0.4 is 25.2 Å². The summed E-state index contributed by atoms with van der Waals surface area (Å²) in [4.78, 5) is 58.6. The van der Waals surface area contributed by atoms with Crippen molar-refractivity contribution < 1.29 is 37.8 Å². The number of methoxy groups -OCH3 is 1. The van der Waals surface area contributed by atoms with Gasteiger partial charge in [-0.15, -0.1) is 0 Å². The maximum Gasteiger partial charge on any atom is 0.342 e. The van der Waals surface area contributed by atoms with E-state index in [4.69, 9.17) is 19.4 Å². The van der Waals surface area contributed by atoms with Gasteiger partial charge in [0, 0.05) is 24.7 Å². The van der Waals surface area contributed by atoms with Gasteiger partial charge in [0.2, 0.25) is 5.95 Å². The lowest BCUT2D eigenvalue weighted by atomic mass is 9.94. The van der Waals surface area contributed by atoms with Gasteiger partial charge < -0.3 is 39.9 Å². The fourth-order valence-corrected chi connectivity index (χ4v) is 5.85. The summed E-state index contributed by atoms with van der Waals surface area (Å²) in [6, 6.07) is 5.13. The van der Waals surface area contributed by atoms with Crippen LogP contribution in [-0.2, 0) is 4.79 Å². The first kappa shape index (κ1) is 32.7. The van der Waals surface area contributed by atoms with Crippen LogP contribution in [0, 0.1) is 0 Å². The van der Waals surface area contributed by atoms with Crippen LogP contribution in [0.25, 0.3) is 0 Å². The Hall–Kier alpha value is -3.19. The molecule has 2 aliphatic carbocycles. The number of nitrogens with zero attached hydrogens (tertiary/aromatic N) is 4. The summed E-state index contributed by atoms with van der Waals surface area (Å²) in [5, 5.41) is 6.22. The van der Waals surface area contributed by atoms with Gasteiger partial charge in [0.25, 0.3) is 11.8 Å². The number of hydrogen-bond acceptors (Lipinski definition) is 10.